The number of ketones is 1. The molecule has 0 amide bonds. The topological polar surface area (TPSA) is 26.3 Å². The van der Waals surface area contributed by atoms with Gasteiger partial charge in [0.15, 0.2) is 5.78 Å². The van der Waals surface area contributed by atoms with Crippen LogP contribution in [0.2, 0.25) is 0 Å². The molecule has 1 unspecified atom stereocenters. The molecule has 2 nitrogen and oxygen atoms in total. The number of para-hydroxylation sites is 1. The maximum atomic E-state index is 11.2. The Morgan fingerprint density at radius 1 is 1.54 bits per heavy atom. The summed E-state index contributed by atoms with van der Waals surface area (Å²) in [5.41, 5.74) is 1.87. The van der Waals surface area contributed by atoms with Crippen molar-refractivity contribution >= 4 is 5.78 Å². The molecular formula is C11H12O2. The van der Waals surface area contributed by atoms with Crippen LogP contribution in [0.4, 0.5) is 0 Å². The molecule has 0 saturated heterocycles. The first kappa shape index (κ1) is 8.30. The number of rotatable bonds is 1. The molecule has 0 saturated carbocycles. The molecule has 1 aliphatic heterocycles. The molecule has 0 radical (unpaired) electrons. The summed E-state index contributed by atoms with van der Waals surface area (Å²) in [6.45, 7) is 4.37. The molecule has 0 aliphatic carbocycles. The number of Topliss-reactive ketones (excluding diaryl/α,β-unsaturated/α-hetero) is 1. The van der Waals surface area contributed by atoms with Crippen LogP contribution in [-0.4, -0.2) is 12.4 Å². The van der Waals surface area contributed by atoms with E-state index >= 15 is 0 Å². The minimum atomic E-state index is 0.0750. The summed E-state index contributed by atoms with van der Waals surface area (Å²) in [4.78, 5) is 11.2. The van der Waals surface area contributed by atoms with Crippen LogP contribution in [-0.2, 0) is 0 Å². The Morgan fingerprint density at radius 2 is 2.31 bits per heavy atom. The van der Waals surface area contributed by atoms with Gasteiger partial charge in [-0.3, -0.25) is 4.79 Å². The van der Waals surface area contributed by atoms with Crippen LogP contribution in [0.15, 0.2) is 18.2 Å². The van der Waals surface area contributed by atoms with Crippen molar-refractivity contribution in [1.29, 1.82) is 0 Å². The molecule has 1 atom stereocenters. The number of benzene rings is 1. The first-order valence-electron chi connectivity index (χ1n) is 4.47. The standard InChI is InChI=1S/C11H12O2/c1-7-6-13-11-9(7)4-3-5-10(11)8(2)12/h3-5,7H,6H2,1-2H3. The van der Waals surface area contributed by atoms with Gasteiger partial charge < -0.3 is 4.74 Å². The molecule has 0 bridgehead atoms. The third kappa shape index (κ3) is 1.22. The number of hydrogen-bond acceptors (Lipinski definition) is 2. The molecule has 0 fully saturated rings. The third-order valence-corrected chi connectivity index (χ3v) is 2.43. The second-order valence-electron chi connectivity index (χ2n) is 3.49. The highest BCUT2D eigenvalue weighted by molar-refractivity contribution is 5.97. The molecule has 2 rings (SSSR count). The fourth-order valence-electron chi connectivity index (χ4n) is 1.68. The summed E-state index contributed by atoms with van der Waals surface area (Å²) in [6.07, 6.45) is 0. The molecule has 68 valence electrons. The zero-order valence-corrected chi connectivity index (χ0v) is 7.83. The van der Waals surface area contributed by atoms with E-state index in [1.165, 1.54) is 0 Å². The molecule has 1 aliphatic rings. The maximum Gasteiger partial charge on any atom is 0.163 e. The van der Waals surface area contributed by atoms with Gasteiger partial charge in [0.05, 0.1) is 12.2 Å². The monoisotopic (exact) mass is 176 g/mol. The van der Waals surface area contributed by atoms with Gasteiger partial charge >= 0.3 is 0 Å². The average Bonchev–Trinajstić information content (AvgIpc) is 2.48. The van der Waals surface area contributed by atoms with Crippen molar-refractivity contribution in [2.24, 2.45) is 0 Å². The molecule has 13 heavy (non-hydrogen) atoms. The number of carbonyl (C=O) groups is 1. The van der Waals surface area contributed by atoms with E-state index < -0.39 is 0 Å². The van der Waals surface area contributed by atoms with Gasteiger partial charge in [0.25, 0.3) is 0 Å². The van der Waals surface area contributed by atoms with Crippen LogP contribution in [0.5, 0.6) is 5.75 Å². The molecule has 1 heterocycles. The van der Waals surface area contributed by atoms with Crippen LogP contribution in [0.3, 0.4) is 0 Å². The van der Waals surface area contributed by atoms with E-state index in [9.17, 15) is 4.79 Å². The fourth-order valence-corrected chi connectivity index (χ4v) is 1.68. The van der Waals surface area contributed by atoms with Crippen molar-refractivity contribution in [2.75, 3.05) is 6.61 Å². The van der Waals surface area contributed by atoms with Crippen LogP contribution in [0, 0.1) is 0 Å². The van der Waals surface area contributed by atoms with Crippen LogP contribution >= 0.6 is 0 Å². The lowest BCUT2D eigenvalue weighted by Gasteiger charge is -2.03. The molecule has 0 aromatic heterocycles. The molecule has 0 N–H and O–H groups in total. The van der Waals surface area contributed by atoms with Crippen molar-refractivity contribution in [3.8, 4) is 5.75 Å². The number of hydrogen-bond donors (Lipinski definition) is 0. The first-order valence-corrected chi connectivity index (χ1v) is 4.47. The Balaban J connectivity index is 2.57. The Bertz CT molecular complexity index is 355. The Labute approximate surface area is 77.5 Å². The highest BCUT2D eigenvalue weighted by Gasteiger charge is 2.23. The Kier molecular flexibility index (Phi) is 1.83. The van der Waals surface area contributed by atoms with Crippen molar-refractivity contribution < 1.29 is 9.53 Å². The van der Waals surface area contributed by atoms with Gasteiger partial charge in [-0.15, -0.1) is 0 Å². The van der Waals surface area contributed by atoms with Gasteiger partial charge in [0.2, 0.25) is 0 Å². The number of fused-ring (bicyclic) bond motifs is 1. The smallest absolute Gasteiger partial charge is 0.163 e. The number of ether oxygens (including phenoxy) is 1. The average molecular weight is 176 g/mol. The Morgan fingerprint density at radius 3 is 3.00 bits per heavy atom. The summed E-state index contributed by atoms with van der Waals surface area (Å²) < 4.78 is 5.48. The van der Waals surface area contributed by atoms with Gasteiger partial charge in [-0.2, -0.15) is 0 Å². The molecule has 0 spiro atoms. The van der Waals surface area contributed by atoms with Crippen LogP contribution in [0.1, 0.15) is 35.7 Å². The SMILES string of the molecule is CC(=O)c1cccc2c1OCC2C. The van der Waals surface area contributed by atoms with Crippen molar-refractivity contribution in [3.05, 3.63) is 29.3 Å². The number of carbonyl (C=O) groups excluding carboxylic acids is 1. The van der Waals surface area contributed by atoms with E-state index in [0.29, 0.717) is 18.1 Å². The second kappa shape index (κ2) is 2.87. The van der Waals surface area contributed by atoms with E-state index in [1.54, 1.807) is 6.92 Å². The second-order valence-corrected chi connectivity index (χ2v) is 3.49. The maximum absolute atomic E-state index is 11.2. The van der Waals surface area contributed by atoms with E-state index in [2.05, 4.69) is 6.92 Å². The molecule has 1 aromatic rings. The van der Waals surface area contributed by atoms with Crippen molar-refractivity contribution in [2.45, 2.75) is 19.8 Å². The summed E-state index contributed by atoms with van der Waals surface area (Å²) in [6, 6.07) is 5.76. The van der Waals surface area contributed by atoms with Gasteiger partial charge in [0, 0.05) is 11.5 Å². The highest BCUT2D eigenvalue weighted by Crippen LogP contribution is 2.36. The lowest BCUT2D eigenvalue weighted by Crippen LogP contribution is -1.96. The summed E-state index contributed by atoms with van der Waals surface area (Å²) >= 11 is 0. The highest BCUT2D eigenvalue weighted by atomic mass is 16.5. The predicted octanol–water partition coefficient (Wildman–Crippen LogP) is 2.39. The summed E-state index contributed by atoms with van der Waals surface area (Å²) in [7, 11) is 0. The largest absolute Gasteiger partial charge is 0.492 e. The van der Waals surface area contributed by atoms with E-state index in [4.69, 9.17) is 4.74 Å². The zero-order valence-electron chi connectivity index (χ0n) is 7.83. The van der Waals surface area contributed by atoms with Crippen molar-refractivity contribution in [3.63, 3.8) is 0 Å². The molecule has 2 heteroatoms. The van der Waals surface area contributed by atoms with Crippen LogP contribution in [0.25, 0.3) is 0 Å². The lowest BCUT2D eigenvalue weighted by molar-refractivity contribution is 0.101. The van der Waals surface area contributed by atoms with E-state index in [0.717, 1.165) is 11.3 Å². The third-order valence-electron chi connectivity index (χ3n) is 2.43. The molecular weight excluding hydrogens is 164 g/mol. The predicted molar refractivity (Wildman–Crippen MR) is 50.4 cm³/mol. The summed E-state index contributed by atoms with van der Waals surface area (Å²) in [5, 5.41) is 0. The lowest BCUT2D eigenvalue weighted by atomic mass is 10.00. The quantitative estimate of drug-likeness (QED) is 0.614. The first-order chi connectivity index (χ1) is 6.20. The summed E-state index contributed by atoms with van der Waals surface area (Å²) in [5.74, 6) is 1.28. The minimum Gasteiger partial charge on any atom is -0.492 e. The van der Waals surface area contributed by atoms with Gasteiger partial charge in [-0.1, -0.05) is 19.1 Å². The van der Waals surface area contributed by atoms with Crippen molar-refractivity contribution in [1.82, 2.24) is 0 Å². The van der Waals surface area contributed by atoms with Gasteiger partial charge in [0.1, 0.15) is 5.75 Å². The Hall–Kier alpha value is -1.31. The fraction of sp³-hybridized carbons (Fsp3) is 0.364. The minimum absolute atomic E-state index is 0.0750. The molecule has 1 aromatic carbocycles. The van der Waals surface area contributed by atoms with Gasteiger partial charge in [-0.05, 0) is 13.0 Å². The van der Waals surface area contributed by atoms with E-state index in [-0.39, 0.29) is 5.78 Å². The normalized spacial score (nSPS) is 19.4. The van der Waals surface area contributed by atoms with Gasteiger partial charge in [-0.25, -0.2) is 0 Å². The zero-order chi connectivity index (χ0) is 9.42. The van der Waals surface area contributed by atoms with Crippen LogP contribution < -0.4 is 4.74 Å². The van der Waals surface area contributed by atoms with E-state index in [1.807, 2.05) is 18.2 Å².